The lowest BCUT2D eigenvalue weighted by Gasteiger charge is -2.34. The third-order valence-corrected chi connectivity index (χ3v) is 2.62. The molecular weight excluding hydrogens is 166 g/mol. The molecule has 0 N–H and O–H groups in total. The summed E-state index contributed by atoms with van der Waals surface area (Å²) in [5, 5.41) is 3.71. The first kappa shape index (κ1) is 10.4. The molecule has 3 atom stereocenters. The van der Waals surface area contributed by atoms with Crippen LogP contribution in [0.5, 0.6) is 0 Å². The Balaban J connectivity index is 2.51. The van der Waals surface area contributed by atoms with Gasteiger partial charge in [-0.05, 0) is 31.2 Å². The molecule has 0 saturated carbocycles. The van der Waals surface area contributed by atoms with Crippen LogP contribution in [0.2, 0.25) is 0 Å². The smallest absolute Gasteiger partial charge is 0.0635 e. The lowest BCUT2D eigenvalue weighted by atomic mass is 9.94. The van der Waals surface area contributed by atoms with Gasteiger partial charge in [-0.15, -0.1) is 0 Å². The van der Waals surface area contributed by atoms with Gasteiger partial charge in [-0.1, -0.05) is 19.0 Å². The Bertz CT molecular complexity index is 211. The maximum absolute atomic E-state index is 8.31. The normalized spacial score (nSPS) is 34.3. The number of ether oxygens (including phenoxy) is 1. The van der Waals surface area contributed by atoms with Crippen molar-refractivity contribution >= 4 is 0 Å². The van der Waals surface area contributed by atoms with Crippen LogP contribution < -0.4 is 0 Å². The zero-order chi connectivity index (χ0) is 9.84. The van der Waals surface area contributed by atoms with E-state index >= 15 is 0 Å². The van der Waals surface area contributed by atoms with Crippen LogP contribution in [0.4, 0.5) is 0 Å². The molecule has 0 amide bonds. The van der Waals surface area contributed by atoms with Crippen LogP contribution in [0.3, 0.4) is 0 Å². The van der Waals surface area contributed by atoms with Crippen LogP contribution in [0.1, 0.15) is 33.6 Å². The van der Waals surface area contributed by atoms with Gasteiger partial charge >= 0.3 is 0 Å². The molecule has 1 fully saturated rings. The van der Waals surface area contributed by atoms with Crippen molar-refractivity contribution in [3.63, 3.8) is 0 Å². The van der Waals surface area contributed by atoms with Crippen molar-refractivity contribution in [1.82, 2.24) is 0 Å². The van der Waals surface area contributed by atoms with Crippen LogP contribution in [-0.2, 0) is 4.74 Å². The lowest BCUT2D eigenvalue weighted by molar-refractivity contribution is -0.0714. The summed E-state index contributed by atoms with van der Waals surface area (Å²) in [4.78, 5) is 2.82. The third kappa shape index (κ3) is 2.61. The predicted molar refractivity (Wildman–Crippen MR) is 51.3 cm³/mol. The topological polar surface area (TPSA) is 58.0 Å². The zero-order valence-electron chi connectivity index (χ0n) is 8.47. The van der Waals surface area contributed by atoms with Crippen LogP contribution >= 0.6 is 0 Å². The van der Waals surface area contributed by atoms with E-state index in [1.807, 2.05) is 6.92 Å². The van der Waals surface area contributed by atoms with Gasteiger partial charge in [0.15, 0.2) is 0 Å². The summed E-state index contributed by atoms with van der Waals surface area (Å²) >= 11 is 0. The van der Waals surface area contributed by atoms with Gasteiger partial charge in [-0.3, -0.25) is 0 Å². The average molecular weight is 183 g/mol. The molecule has 1 heterocycles. The molecule has 2 unspecified atom stereocenters. The van der Waals surface area contributed by atoms with Crippen LogP contribution in [0, 0.1) is 5.92 Å². The summed E-state index contributed by atoms with van der Waals surface area (Å²) in [5.41, 5.74) is 8.31. The van der Waals surface area contributed by atoms with Gasteiger partial charge in [-0.25, -0.2) is 0 Å². The molecule has 1 saturated heterocycles. The minimum Gasteiger partial charge on any atom is -0.375 e. The molecule has 0 bridgehead atoms. The minimum atomic E-state index is 0.0278. The van der Waals surface area contributed by atoms with E-state index < -0.39 is 0 Å². The Hall–Kier alpha value is -0.730. The first-order chi connectivity index (χ1) is 6.15. The van der Waals surface area contributed by atoms with Crippen LogP contribution in [0.25, 0.3) is 10.4 Å². The minimum absolute atomic E-state index is 0.0278. The highest BCUT2D eigenvalue weighted by Crippen LogP contribution is 2.26. The molecule has 1 aliphatic heterocycles. The Morgan fingerprint density at radius 2 is 2.15 bits per heavy atom. The van der Waals surface area contributed by atoms with Gasteiger partial charge in [-0.2, -0.15) is 0 Å². The highest BCUT2D eigenvalue weighted by Gasteiger charge is 2.28. The fourth-order valence-corrected chi connectivity index (χ4v) is 1.71. The Labute approximate surface area is 78.9 Å². The molecule has 0 aromatic heterocycles. The number of hydrogen-bond donors (Lipinski definition) is 0. The predicted octanol–water partition coefficient (Wildman–Crippen LogP) is 2.89. The lowest BCUT2D eigenvalue weighted by Crippen LogP contribution is -2.37. The van der Waals surface area contributed by atoms with Gasteiger partial charge in [0.05, 0.1) is 18.2 Å². The first-order valence-electron chi connectivity index (χ1n) is 4.84. The molecule has 13 heavy (non-hydrogen) atoms. The maximum atomic E-state index is 8.31. The van der Waals surface area contributed by atoms with Crippen molar-refractivity contribution in [2.24, 2.45) is 11.0 Å². The fraction of sp³-hybridized carbons (Fsp3) is 1.00. The summed E-state index contributed by atoms with van der Waals surface area (Å²) in [6.07, 6.45) is 2.36. The van der Waals surface area contributed by atoms with Crippen molar-refractivity contribution < 1.29 is 4.74 Å². The number of azide groups is 1. The van der Waals surface area contributed by atoms with Gasteiger partial charge < -0.3 is 4.74 Å². The SMILES string of the molecule is CC1O[C@H](C(C)C)CCC1N=[N+]=[N-]. The van der Waals surface area contributed by atoms with Gasteiger partial charge in [0.2, 0.25) is 0 Å². The highest BCUT2D eigenvalue weighted by atomic mass is 16.5. The average Bonchev–Trinajstić information content (AvgIpc) is 2.08. The van der Waals surface area contributed by atoms with Crippen molar-refractivity contribution in [3.8, 4) is 0 Å². The molecule has 0 spiro atoms. The van der Waals surface area contributed by atoms with E-state index in [0.29, 0.717) is 12.0 Å². The van der Waals surface area contributed by atoms with E-state index in [-0.39, 0.29) is 12.1 Å². The van der Waals surface area contributed by atoms with E-state index in [4.69, 9.17) is 10.3 Å². The summed E-state index contributed by atoms with van der Waals surface area (Å²) in [5.74, 6) is 0.550. The summed E-state index contributed by atoms with van der Waals surface area (Å²) in [6, 6.07) is 0.0278. The van der Waals surface area contributed by atoms with Crippen molar-refractivity contribution in [2.75, 3.05) is 0 Å². The van der Waals surface area contributed by atoms with E-state index in [9.17, 15) is 0 Å². The summed E-state index contributed by atoms with van der Waals surface area (Å²) in [6.45, 7) is 6.30. The maximum Gasteiger partial charge on any atom is 0.0635 e. The Kier molecular flexibility index (Phi) is 3.58. The van der Waals surface area contributed by atoms with Crippen LogP contribution in [-0.4, -0.2) is 18.2 Å². The molecule has 0 aliphatic carbocycles. The second kappa shape index (κ2) is 4.49. The van der Waals surface area contributed by atoms with Crippen molar-refractivity contribution in [2.45, 2.75) is 51.9 Å². The van der Waals surface area contributed by atoms with E-state index in [0.717, 1.165) is 12.8 Å². The molecule has 4 heteroatoms. The van der Waals surface area contributed by atoms with Gasteiger partial charge in [0.1, 0.15) is 0 Å². The molecule has 0 radical (unpaired) electrons. The van der Waals surface area contributed by atoms with Gasteiger partial charge in [0, 0.05) is 4.91 Å². The largest absolute Gasteiger partial charge is 0.375 e. The van der Waals surface area contributed by atoms with E-state index in [1.165, 1.54) is 0 Å². The second-order valence-corrected chi connectivity index (χ2v) is 3.97. The van der Waals surface area contributed by atoms with Crippen LogP contribution in [0.15, 0.2) is 5.11 Å². The van der Waals surface area contributed by atoms with Crippen molar-refractivity contribution in [1.29, 1.82) is 0 Å². The molecule has 0 aromatic carbocycles. The third-order valence-electron chi connectivity index (χ3n) is 2.62. The summed E-state index contributed by atoms with van der Waals surface area (Å²) < 4.78 is 5.75. The standard InChI is InChI=1S/C9H17N3O/c1-6(2)9-5-4-8(11-12-10)7(3)13-9/h6-9H,4-5H2,1-3H3/t7?,8?,9-/m0/s1. The molecule has 74 valence electrons. The monoisotopic (exact) mass is 183 g/mol. The van der Waals surface area contributed by atoms with Crippen molar-refractivity contribution in [3.05, 3.63) is 10.4 Å². The molecule has 0 aromatic rings. The highest BCUT2D eigenvalue weighted by molar-refractivity contribution is 4.82. The fourth-order valence-electron chi connectivity index (χ4n) is 1.71. The number of rotatable bonds is 2. The van der Waals surface area contributed by atoms with E-state index in [2.05, 4.69) is 23.9 Å². The quantitative estimate of drug-likeness (QED) is 0.369. The molecule has 1 rings (SSSR count). The molecular formula is C9H17N3O. The Morgan fingerprint density at radius 1 is 1.46 bits per heavy atom. The molecule has 4 nitrogen and oxygen atoms in total. The first-order valence-corrected chi connectivity index (χ1v) is 4.84. The zero-order valence-corrected chi connectivity index (χ0v) is 8.47. The second-order valence-electron chi connectivity index (χ2n) is 3.97. The molecule has 1 aliphatic rings. The number of hydrogen-bond acceptors (Lipinski definition) is 2. The van der Waals surface area contributed by atoms with Gasteiger partial charge in [0.25, 0.3) is 0 Å². The Morgan fingerprint density at radius 3 is 2.62 bits per heavy atom. The summed E-state index contributed by atoms with van der Waals surface area (Å²) in [7, 11) is 0. The number of nitrogens with zero attached hydrogens (tertiary/aromatic N) is 3. The van der Waals surface area contributed by atoms with E-state index in [1.54, 1.807) is 0 Å².